The van der Waals surface area contributed by atoms with Crippen molar-refractivity contribution in [3.8, 4) is 5.75 Å². The maximum atomic E-state index is 11.9. The fourth-order valence-corrected chi connectivity index (χ4v) is 2.12. The number of hydrogen-bond acceptors (Lipinski definition) is 4. The predicted octanol–water partition coefficient (Wildman–Crippen LogP) is 2.02. The molecular weight excluding hydrogens is 294 g/mol. The van der Waals surface area contributed by atoms with E-state index in [1.165, 1.54) is 13.1 Å². The van der Waals surface area contributed by atoms with Gasteiger partial charge in [0.15, 0.2) is 0 Å². The third kappa shape index (κ3) is 4.81. The van der Waals surface area contributed by atoms with Crippen LogP contribution in [0.15, 0.2) is 42.7 Å². The van der Waals surface area contributed by atoms with E-state index in [2.05, 4.69) is 15.6 Å². The van der Waals surface area contributed by atoms with Crippen LogP contribution in [0.2, 0.25) is 0 Å². The number of carbonyl (C=O) groups excluding carboxylic acids is 2. The van der Waals surface area contributed by atoms with Crippen LogP contribution in [0.1, 0.15) is 22.8 Å². The first-order valence-corrected chi connectivity index (χ1v) is 7.23. The average Bonchev–Trinajstić information content (AvgIpc) is 2.55. The number of nitrogens with zero attached hydrogens (tertiary/aromatic N) is 1. The molecule has 0 spiro atoms. The maximum absolute atomic E-state index is 11.9. The van der Waals surface area contributed by atoms with Crippen molar-refractivity contribution in [2.24, 2.45) is 0 Å². The molecule has 0 aliphatic carbocycles. The highest BCUT2D eigenvalue weighted by atomic mass is 16.5. The fraction of sp³-hybridized carbons (Fsp3) is 0.235. The number of anilines is 1. The van der Waals surface area contributed by atoms with Crippen LogP contribution >= 0.6 is 0 Å². The third-order valence-corrected chi connectivity index (χ3v) is 3.20. The smallest absolute Gasteiger partial charge is 0.252 e. The summed E-state index contributed by atoms with van der Waals surface area (Å²) in [5, 5.41) is 5.57. The lowest BCUT2D eigenvalue weighted by atomic mass is 10.1. The van der Waals surface area contributed by atoms with E-state index in [0.717, 1.165) is 5.56 Å². The standard InChI is InChI=1S/C17H19N3O3/c1-12(21)20-15-10-13(5-6-16(15)23-2)7-9-19-17(22)14-4-3-8-18-11-14/h3-6,8,10-11H,7,9H2,1-2H3,(H,19,22)(H,20,21). The van der Waals surface area contributed by atoms with E-state index in [1.54, 1.807) is 31.5 Å². The van der Waals surface area contributed by atoms with Crippen LogP contribution in [-0.4, -0.2) is 30.5 Å². The minimum Gasteiger partial charge on any atom is -0.495 e. The van der Waals surface area contributed by atoms with Crippen LogP contribution in [0, 0.1) is 0 Å². The molecule has 0 aliphatic rings. The molecule has 2 N–H and O–H groups in total. The molecule has 0 saturated carbocycles. The Morgan fingerprint density at radius 1 is 1.26 bits per heavy atom. The number of hydrogen-bond donors (Lipinski definition) is 2. The lowest BCUT2D eigenvalue weighted by Gasteiger charge is -2.11. The van der Waals surface area contributed by atoms with Gasteiger partial charge in [0.1, 0.15) is 5.75 Å². The summed E-state index contributed by atoms with van der Waals surface area (Å²) in [7, 11) is 1.55. The predicted molar refractivity (Wildman–Crippen MR) is 87.6 cm³/mol. The van der Waals surface area contributed by atoms with Gasteiger partial charge in [-0.25, -0.2) is 0 Å². The van der Waals surface area contributed by atoms with E-state index >= 15 is 0 Å². The molecule has 1 aromatic heterocycles. The monoisotopic (exact) mass is 313 g/mol. The zero-order valence-corrected chi connectivity index (χ0v) is 13.1. The van der Waals surface area contributed by atoms with Gasteiger partial charge < -0.3 is 15.4 Å². The number of amides is 2. The first-order valence-electron chi connectivity index (χ1n) is 7.23. The highest BCUT2D eigenvalue weighted by Gasteiger charge is 2.07. The van der Waals surface area contributed by atoms with Crippen molar-refractivity contribution in [1.82, 2.24) is 10.3 Å². The van der Waals surface area contributed by atoms with Crippen LogP contribution in [0.4, 0.5) is 5.69 Å². The second-order valence-corrected chi connectivity index (χ2v) is 4.96. The van der Waals surface area contributed by atoms with E-state index in [-0.39, 0.29) is 11.8 Å². The summed E-state index contributed by atoms with van der Waals surface area (Å²) in [5.41, 5.74) is 2.14. The third-order valence-electron chi connectivity index (χ3n) is 3.20. The van der Waals surface area contributed by atoms with E-state index in [1.807, 2.05) is 12.1 Å². The minimum atomic E-state index is -0.162. The molecule has 0 bridgehead atoms. The molecule has 2 amide bonds. The summed E-state index contributed by atoms with van der Waals surface area (Å²) in [4.78, 5) is 27.1. The summed E-state index contributed by atoms with van der Waals surface area (Å²) >= 11 is 0. The SMILES string of the molecule is COc1ccc(CCNC(=O)c2cccnc2)cc1NC(C)=O. The minimum absolute atomic E-state index is 0.159. The number of rotatable bonds is 6. The largest absolute Gasteiger partial charge is 0.495 e. The number of methoxy groups -OCH3 is 1. The Morgan fingerprint density at radius 2 is 2.09 bits per heavy atom. The van der Waals surface area contributed by atoms with E-state index in [0.29, 0.717) is 30.0 Å². The van der Waals surface area contributed by atoms with Gasteiger partial charge in [-0.05, 0) is 36.2 Å². The molecule has 1 heterocycles. The van der Waals surface area contributed by atoms with Gasteiger partial charge in [-0.2, -0.15) is 0 Å². The lowest BCUT2D eigenvalue weighted by Crippen LogP contribution is -2.25. The molecule has 1 aromatic carbocycles. The Hall–Kier alpha value is -2.89. The van der Waals surface area contributed by atoms with Crippen LogP contribution in [0.25, 0.3) is 0 Å². The Morgan fingerprint density at radius 3 is 2.74 bits per heavy atom. The van der Waals surface area contributed by atoms with Gasteiger partial charge in [0.2, 0.25) is 5.91 Å². The molecule has 6 nitrogen and oxygen atoms in total. The topological polar surface area (TPSA) is 80.3 Å². The number of nitrogens with one attached hydrogen (secondary N) is 2. The zero-order chi connectivity index (χ0) is 16.7. The fourth-order valence-electron chi connectivity index (χ4n) is 2.12. The second kappa shape index (κ2) is 7.93. The van der Waals surface area contributed by atoms with E-state index < -0.39 is 0 Å². The first-order chi connectivity index (χ1) is 11.1. The Labute approximate surface area is 134 Å². The molecule has 0 unspecified atom stereocenters. The van der Waals surface area contributed by atoms with Crippen LogP contribution in [0.3, 0.4) is 0 Å². The van der Waals surface area contributed by atoms with Crippen molar-refractivity contribution in [3.05, 3.63) is 53.9 Å². The molecule has 6 heteroatoms. The van der Waals surface area contributed by atoms with Crippen molar-refractivity contribution in [2.75, 3.05) is 19.0 Å². The van der Waals surface area contributed by atoms with Gasteiger partial charge in [-0.15, -0.1) is 0 Å². The zero-order valence-electron chi connectivity index (χ0n) is 13.1. The highest BCUT2D eigenvalue weighted by molar-refractivity contribution is 5.93. The molecule has 0 fully saturated rings. The van der Waals surface area contributed by atoms with Gasteiger partial charge >= 0.3 is 0 Å². The quantitative estimate of drug-likeness (QED) is 0.855. The molecule has 2 rings (SSSR count). The van der Waals surface area contributed by atoms with Crippen molar-refractivity contribution in [3.63, 3.8) is 0 Å². The van der Waals surface area contributed by atoms with Gasteiger partial charge in [0.25, 0.3) is 5.91 Å². The van der Waals surface area contributed by atoms with Crippen LogP contribution in [0.5, 0.6) is 5.75 Å². The van der Waals surface area contributed by atoms with Crippen molar-refractivity contribution in [1.29, 1.82) is 0 Å². The Bertz CT molecular complexity index is 687. The summed E-state index contributed by atoms with van der Waals surface area (Å²) in [6.07, 6.45) is 3.79. The van der Waals surface area contributed by atoms with Crippen molar-refractivity contribution < 1.29 is 14.3 Å². The van der Waals surface area contributed by atoms with E-state index in [4.69, 9.17) is 4.74 Å². The summed E-state index contributed by atoms with van der Waals surface area (Å²) in [6, 6.07) is 8.98. The van der Waals surface area contributed by atoms with Gasteiger partial charge in [-0.1, -0.05) is 6.07 Å². The second-order valence-electron chi connectivity index (χ2n) is 4.96. The van der Waals surface area contributed by atoms with Crippen molar-refractivity contribution in [2.45, 2.75) is 13.3 Å². The molecule has 0 radical (unpaired) electrons. The van der Waals surface area contributed by atoms with Crippen LogP contribution in [-0.2, 0) is 11.2 Å². The summed E-state index contributed by atoms with van der Waals surface area (Å²) < 4.78 is 5.21. The molecule has 120 valence electrons. The van der Waals surface area contributed by atoms with Crippen molar-refractivity contribution >= 4 is 17.5 Å². The van der Waals surface area contributed by atoms with E-state index in [9.17, 15) is 9.59 Å². The molecule has 0 aliphatic heterocycles. The number of carbonyl (C=O) groups is 2. The molecule has 23 heavy (non-hydrogen) atoms. The number of pyridine rings is 1. The average molecular weight is 313 g/mol. The number of aromatic nitrogens is 1. The van der Waals surface area contributed by atoms with Gasteiger partial charge in [0.05, 0.1) is 18.4 Å². The summed E-state index contributed by atoms with van der Waals surface area (Å²) in [6.45, 7) is 1.93. The molecule has 2 aromatic rings. The maximum Gasteiger partial charge on any atom is 0.252 e. The molecule has 0 atom stereocenters. The normalized spacial score (nSPS) is 10.0. The Kier molecular flexibility index (Phi) is 5.68. The van der Waals surface area contributed by atoms with Gasteiger partial charge in [-0.3, -0.25) is 14.6 Å². The molecular formula is C17H19N3O3. The molecule has 0 saturated heterocycles. The number of ether oxygens (including phenoxy) is 1. The summed E-state index contributed by atoms with van der Waals surface area (Å²) in [5.74, 6) is 0.280. The lowest BCUT2D eigenvalue weighted by molar-refractivity contribution is -0.114. The number of benzene rings is 1. The van der Waals surface area contributed by atoms with Gasteiger partial charge in [0, 0.05) is 25.9 Å². The van der Waals surface area contributed by atoms with Crippen LogP contribution < -0.4 is 15.4 Å². The Balaban J connectivity index is 1.95. The first kappa shape index (κ1) is 16.5. The highest BCUT2D eigenvalue weighted by Crippen LogP contribution is 2.25.